The molecule has 0 aromatic heterocycles. The predicted molar refractivity (Wildman–Crippen MR) is 68.8 cm³/mol. The summed E-state index contributed by atoms with van der Waals surface area (Å²) in [4.78, 5) is 0. The summed E-state index contributed by atoms with van der Waals surface area (Å²) in [5, 5.41) is 0. The van der Waals surface area contributed by atoms with Gasteiger partial charge in [-0.1, -0.05) is 24.3 Å². The summed E-state index contributed by atoms with van der Waals surface area (Å²) in [6.07, 6.45) is 0. The van der Waals surface area contributed by atoms with Crippen LogP contribution >= 0.6 is 0 Å². The van der Waals surface area contributed by atoms with Crippen molar-refractivity contribution in [3.8, 4) is 0 Å². The van der Waals surface area contributed by atoms with E-state index in [0.29, 0.717) is 0 Å². The molecule has 1 fully saturated rings. The number of hydrogen-bond acceptors (Lipinski definition) is 2. The van der Waals surface area contributed by atoms with E-state index in [1.807, 2.05) is 0 Å². The molecule has 1 aliphatic heterocycles. The maximum atomic E-state index is 5.99. The third kappa shape index (κ3) is 2.25. The van der Waals surface area contributed by atoms with E-state index in [1.165, 1.54) is 5.56 Å². The minimum absolute atomic E-state index is 0.265. The van der Waals surface area contributed by atoms with Gasteiger partial charge in [0.15, 0.2) is 0 Å². The van der Waals surface area contributed by atoms with Crippen LogP contribution in [0.4, 0.5) is 0 Å². The fraction of sp³-hybridized carbons (Fsp3) is 0.538. The molecule has 0 atom stereocenters. The molecule has 0 spiro atoms. The molecule has 0 bridgehead atoms. The Labute approximate surface area is 103 Å². The molecule has 92 valence electrons. The molecule has 2 rings (SSSR count). The normalized spacial score (nSPS) is 21.8. The molecule has 3 N–H and O–H groups in total. The van der Waals surface area contributed by atoms with E-state index in [4.69, 9.17) is 9.31 Å². The number of benzene rings is 1. The lowest BCUT2D eigenvalue weighted by molar-refractivity contribution is -0.386. The zero-order chi connectivity index (χ0) is 12.7. The largest absolute Gasteiger partial charge is 0.494 e. The summed E-state index contributed by atoms with van der Waals surface area (Å²) in [6, 6.07) is 8.27. The second-order valence-electron chi connectivity index (χ2n) is 5.58. The molecule has 0 aliphatic carbocycles. The van der Waals surface area contributed by atoms with Crippen LogP contribution in [-0.4, -0.2) is 18.3 Å². The minimum atomic E-state index is -0.275. The molecular formula is C13H21BNO2+. The average Bonchev–Trinajstić information content (AvgIpc) is 2.48. The second-order valence-corrected chi connectivity index (χ2v) is 5.58. The number of hydrogen-bond donors (Lipinski definition) is 1. The van der Waals surface area contributed by atoms with E-state index in [9.17, 15) is 0 Å². The highest BCUT2D eigenvalue weighted by molar-refractivity contribution is 6.62. The Morgan fingerprint density at radius 3 is 1.88 bits per heavy atom. The highest BCUT2D eigenvalue weighted by Gasteiger charge is 2.51. The topological polar surface area (TPSA) is 46.1 Å². The van der Waals surface area contributed by atoms with Crippen molar-refractivity contribution in [3.63, 3.8) is 0 Å². The van der Waals surface area contributed by atoms with Gasteiger partial charge in [-0.2, -0.15) is 0 Å². The molecule has 1 aromatic rings. The van der Waals surface area contributed by atoms with Crippen LogP contribution < -0.4 is 11.2 Å². The Kier molecular flexibility index (Phi) is 3.06. The SMILES string of the molecule is CC1(C)OB(c2ccc(C[NH3+])cc2)OC1(C)C. The summed E-state index contributed by atoms with van der Waals surface area (Å²) < 4.78 is 12.0. The fourth-order valence-electron chi connectivity index (χ4n) is 1.82. The molecule has 0 saturated carbocycles. The summed E-state index contributed by atoms with van der Waals surface area (Å²) >= 11 is 0. The van der Waals surface area contributed by atoms with Gasteiger partial charge < -0.3 is 15.0 Å². The molecule has 0 unspecified atom stereocenters. The molecular weight excluding hydrogens is 213 g/mol. The minimum Gasteiger partial charge on any atom is -0.399 e. The molecule has 0 radical (unpaired) electrons. The average molecular weight is 234 g/mol. The van der Waals surface area contributed by atoms with Crippen LogP contribution in [0.2, 0.25) is 0 Å². The third-order valence-electron chi connectivity index (χ3n) is 3.79. The Bertz CT molecular complexity index is 384. The fourth-order valence-corrected chi connectivity index (χ4v) is 1.82. The first-order valence-corrected chi connectivity index (χ1v) is 6.09. The lowest BCUT2D eigenvalue weighted by Gasteiger charge is -2.32. The standard InChI is InChI=1S/C13H20BNO2/c1-12(2)13(3,4)17-14(16-12)11-7-5-10(9-15)6-8-11/h5-8H,9,15H2,1-4H3/p+1. The van der Waals surface area contributed by atoms with E-state index >= 15 is 0 Å². The van der Waals surface area contributed by atoms with Crippen molar-refractivity contribution in [3.05, 3.63) is 29.8 Å². The van der Waals surface area contributed by atoms with Crippen molar-refractivity contribution in [2.24, 2.45) is 0 Å². The molecule has 17 heavy (non-hydrogen) atoms. The molecule has 1 aliphatic rings. The van der Waals surface area contributed by atoms with Crippen LogP contribution in [0.15, 0.2) is 24.3 Å². The Hall–Kier alpha value is -0.835. The van der Waals surface area contributed by atoms with Gasteiger partial charge in [0.2, 0.25) is 0 Å². The van der Waals surface area contributed by atoms with Crippen LogP contribution in [0.5, 0.6) is 0 Å². The zero-order valence-electron chi connectivity index (χ0n) is 11.1. The summed E-state index contributed by atoms with van der Waals surface area (Å²) in [7, 11) is -0.265. The van der Waals surface area contributed by atoms with Crippen LogP contribution in [-0.2, 0) is 15.9 Å². The summed E-state index contributed by atoms with van der Waals surface area (Å²) in [5.41, 5.74) is 5.61. The van der Waals surface area contributed by atoms with Crippen LogP contribution in [0.1, 0.15) is 33.3 Å². The summed E-state index contributed by atoms with van der Waals surface area (Å²) in [6.45, 7) is 9.08. The van der Waals surface area contributed by atoms with Crippen molar-refractivity contribution in [2.75, 3.05) is 0 Å². The second kappa shape index (κ2) is 4.12. The van der Waals surface area contributed by atoms with E-state index in [1.54, 1.807) is 0 Å². The molecule has 1 saturated heterocycles. The van der Waals surface area contributed by atoms with E-state index < -0.39 is 0 Å². The first-order valence-electron chi connectivity index (χ1n) is 6.09. The molecule has 1 heterocycles. The van der Waals surface area contributed by atoms with Crippen molar-refractivity contribution < 1.29 is 15.0 Å². The molecule has 4 heteroatoms. The van der Waals surface area contributed by atoms with Crippen LogP contribution in [0.25, 0.3) is 0 Å². The van der Waals surface area contributed by atoms with E-state index in [0.717, 1.165) is 12.0 Å². The van der Waals surface area contributed by atoms with Gasteiger partial charge in [-0.3, -0.25) is 0 Å². The van der Waals surface area contributed by atoms with E-state index in [-0.39, 0.29) is 18.3 Å². The molecule has 0 amide bonds. The lowest BCUT2D eigenvalue weighted by atomic mass is 9.79. The van der Waals surface area contributed by atoms with Crippen molar-refractivity contribution in [2.45, 2.75) is 45.4 Å². The Morgan fingerprint density at radius 2 is 1.47 bits per heavy atom. The monoisotopic (exact) mass is 234 g/mol. The first-order chi connectivity index (χ1) is 7.86. The van der Waals surface area contributed by atoms with Gasteiger partial charge >= 0.3 is 7.12 Å². The smallest absolute Gasteiger partial charge is 0.399 e. The maximum absolute atomic E-state index is 5.99. The van der Waals surface area contributed by atoms with Crippen molar-refractivity contribution in [1.29, 1.82) is 0 Å². The highest BCUT2D eigenvalue weighted by Crippen LogP contribution is 2.36. The van der Waals surface area contributed by atoms with Crippen LogP contribution in [0.3, 0.4) is 0 Å². The van der Waals surface area contributed by atoms with Crippen molar-refractivity contribution >= 4 is 12.6 Å². The van der Waals surface area contributed by atoms with Crippen molar-refractivity contribution in [1.82, 2.24) is 0 Å². The van der Waals surface area contributed by atoms with Gasteiger partial charge in [0.1, 0.15) is 0 Å². The maximum Gasteiger partial charge on any atom is 0.494 e. The zero-order valence-corrected chi connectivity index (χ0v) is 11.1. The Morgan fingerprint density at radius 1 is 1.00 bits per heavy atom. The van der Waals surface area contributed by atoms with Gasteiger partial charge in [-0.25, -0.2) is 0 Å². The molecule has 1 aromatic carbocycles. The van der Waals surface area contributed by atoms with Gasteiger partial charge in [-0.05, 0) is 33.2 Å². The highest BCUT2D eigenvalue weighted by atomic mass is 16.7. The van der Waals surface area contributed by atoms with Gasteiger partial charge in [0, 0.05) is 5.56 Å². The van der Waals surface area contributed by atoms with Crippen LogP contribution in [0, 0.1) is 0 Å². The Balaban J connectivity index is 2.20. The molecule has 3 nitrogen and oxygen atoms in total. The van der Waals surface area contributed by atoms with Gasteiger partial charge in [-0.15, -0.1) is 0 Å². The number of rotatable bonds is 2. The predicted octanol–water partition coefficient (Wildman–Crippen LogP) is 0.728. The quantitative estimate of drug-likeness (QED) is 0.766. The van der Waals surface area contributed by atoms with Gasteiger partial charge in [0.05, 0.1) is 17.7 Å². The third-order valence-corrected chi connectivity index (χ3v) is 3.79. The first kappa shape index (κ1) is 12.6. The lowest BCUT2D eigenvalue weighted by Crippen LogP contribution is -2.47. The number of quaternary nitrogens is 1. The van der Waals surface area contributed by atoms with E-state index in [2.05, 4.69) is 57.7 Å². The summed E-state index contributed by atoms with van der Waals surface area (Å²) in [5.74, 6) is 0. The van der Waals surface area contributed by atoms with Gasteiger partial charge in [0.25, 0.3) is 0 Å².